The van der Waals surface area contributed by atoms with Crippen LogP contribution in [-0.4, -0.2) is 283 Å². The topological polar surface area (TPSA) is 369 Å². The SMILES string of the molecule is CN[C@@H](C)CC(=O)OC(C)(C)C.CN[C@@H](CBr)CC(=O)OC(C)(C)C.CN[C@@H](CO)CC(=O)OC(C)(C)C.COC(=O)CN(C)[C@@H](C)CC(=O)OC(C)(C)C.C[C@H](N)CC(=O)OC(C)(C)C.C[C@H]1C(C(=O)OC(C)(C)C)=CCN1C.C[C@H]1C(C(=O)OC(C)(C)C)C(=O)CN1C.C[C@H]1C(C(=O)OC(C)(C)C)C(O)CN1C. The summed E-state index contributed by atoms with van der Waals surface area (Å²) in [7, 11) is 14.2. The van der Waals surface area contributed by atoms with Crippen LogP contribution in [-0.2, 0) is 90.6 Å². The molecule has 0 amide bonds. The highest BCUT2D eigenvalue weighted by Gasteiger charge is 2.44. The van der Waals surface area contributed by atoms with Crippen molar-refractivity contribution in [3.63, 3.8) is 0 Å². The number of aliphatic hydroxyl groups is 2. The maximum atomic E-state index is 11.8. The van der Waals surface area contributed by atoms with Gasteiger partial charge in [0.15, 0.2) is 5.78 Å². The molecular formula is C80H155BrN8O21. The molecule has 0 aromatic carbocycles. The van der Waals surface area contributed by atoms with Crippen molar-refractivity contribution in [2.24, 2.45) is 17.6 Å². The molecule has 3 heterocycles. The molecule has 110 heavy (non-hydrogen) atoms. The third-order valence-corrected chi connectivity index (χ3v) is 15.9. The van der Waals surface area contributed by atoms with E-state index in [0.717, 1.165) is 17.4 Å². The van der Waals surface area contributed by atoms with Gasteiger partial charge in [-0.2, -0.15) is 0 Å². The molecule has 0 saturated carbocycles. The van der Waals surface area contributed by atoms with Gasteiger partial charge in [0.1, 0.15) is 50.7 Å². The Bertz CT molecular complexity index is 2720. The van der Waals surface area contributed by atoms with Crippen molar-refractivity contribution in [3.05, 3.63) is 11.6 Å². The van der Waals surface area contributed by atoms with E-state index in [1.165, 1.54) is 7.11 Å². The fraction of sp³-hybridized carbons (Fsp3) is 0.850. The average Bonchev–Trinajstić information content (AvgIpc) is 1.69. The van der Waals surface area contributed by atoms with Crippen LogP contribution < -0.4 is 21.7 Å². The predicted octanol–water partition coefficient (Wildman–Crippen LogP) is 8.68. The molecule has 0 spiro atoms. The second kappa shape index (κ2) is 52.3. The van der Waals surface area contributed by atoms with Crippen LogP contribution in [0.3, 0.4) is 0 Å². The third kappa shape index (κ3) is 61.3. The first-order valence-corrected chi connectivity index (χ1v) is 39.0. The van der Waals surface area contributed by atoms with Crippen molar-refractivity contribution < 1.29 is 101 Å². The Morgan fingerprint density at radius 3 is 1.18 bits per heavy atom. The normalized spacial score (nSPS) is 19.7. The van der Waals surface area contributed by atoms with Gasteiger partial charge in [-0.05, 0) is 257 Å². The Balaban J connectivity index is -0.000000383. The molecule has 0 radical (unpaired) electrons. The van der Waals surface area contributed by atoms with Gasteiger partial charge in [-0.15, -0.1) is 0 Å². The molecule has 3 aliphatic rings. The average molecular weight is 1650 g/mol. The van der Waals surface area contributed by atoms with E-state index < -0.39 is 57.5 Å². The van der Waals surface area contributed by atoms with Crippen LogP contribution in [0, 0.1) is 11.8 Å². The summed E-state index contributed by atoms with van der Waals surface area (Å²) in [4.78, 5) is 122. The van der Waals surface area contributed by atoms with Crippen LogP contribution in [0.15, 0.2) is 11.6 Å². The molecule has 648 valence electrons. The van der Waals surface area contributed by atoms with Crippen molar-refractivity contribution in [3.8, 4) is 0 Å². The van der Waals surface area contributed by atoms with Crippen LogP contribution in [0.5, 0.6) is 0 Å². The Kier molecular flexibility index (Phi) is 53.8. The number of hydrogen-bond donors (Lipinski definition) is 6. The molecule has 3 rings (SSSR count). The lowest BCUT2D eigenvalue weighted by atomic mass is 9.99. The van der Waals surface area contributed by atoms with Gasteiger partial charge < -0.3 is 79.4 Å². The highest BCUT2D eigenvalue weighted by Crippen LogP contribution is 2.27. The molecule has 0 bridgehead atoms. The number of carbonyl (C=O) groups is 10. The minimum atomic E-state index is -0.616. The van der Waals surface area contributed by atoms with Crippen molar-refractivity contribution in [1.82, 2.24) is 35.6 Å². The molecule has 0 aromatic rings. The Hall–Kier alpha value is -5.28. The van der Waals surface area contributed by atoms with Crippen molar-refractivity contribution in [1.29, 1.82) is 0 Å². The van der Waals surface area contributed by atoms with Crippen molar-refractivity contribution >= 4 is 75.4 Å². The largest absolute Gasteiger partial charge is 0.468 e. The van der Waals surface area contributed by atoms with Crippen LogP contribution in [0.2, 0.25) is 0 Å². The zero-order valence-electron chi connectivity index (χ0n) is 75.1. The molecule has 0 aliphatic carbocycles. The molecule has 3 aliphatic heterocycles. The number of esters is 9. The standard InChI is InChI=1S/C12H23NO4.C11H21NO3.C11H19NO3.C11H19NO2.C9H18BrNO2.C9H19NO3.C9H19NO2.C8H17NO2/c1-9(13(5)8-11(15)16-6)7-10(14)17-12(2,3)4;2*1-7-9(8(13)6-12(7)5)10(14)15-11(2,3)4;1-8-9(6-7-12(8)5)10(13)14-11(2,3)4;1-9(2,3)13-8(12)5-7(6-10)11-4;1-9(2,3)13-8(12)5-7(6-11)10-4;1-7(10-5)6-8(11)12-9(2,3)4;1-6(9)5-7(10)11-8(2,3)4/h9H,7-8H2,1-6H3;7-9,13H,6H2,1-5H3;7,9H,6H2,1-5H3;6,8H,7H2,1-5H3;7,11H,5-6H2,1-4H3;7,10-11H,5-6H2,1-4H3;7,10H,6H2,1-5H3;6H,5,9H2,1-4H3/t9-;7-,8?,9?;7-,9?;8-;3*7-;6-/m00001100/s1. The van der Waals surface area contributed by atoms with Gasteiger partial charge in [0.05, 0.1) is 76.5 Å². The number of aliphatic hydroxyl groups excluding tert-OH is 2. The van der Waals surface area contributed by atoms with E-state index >= 15 is 0 Å². The van der Waals surface area contributed by atoms with Crippen molar-refractivity contribution in [2.75, 3.05) is 94.6 Å². The van der Waals surface area contributed by atoms with Crippen LogP contribution >= 0.6 is 15.9 Å². The minimum absolute atomic E-state index is 0.0369. The second-order valence-corrected chi connectivity index (χ2v) is 36.6. The van der Waals surface area contributed by atoms with E-state index in [1.54, 1.807) is 46.7 Å². The molecular weight excluding hydrogens is 1490 g/mol. The lowest BCUT2D eigenvalue weighted by Crippen LogP contribution is -2.38. The van der Waals surface area contributed by atoms with E-state index in [-0.39, 0.29) is 145 Å². The van der Waals surface area contributed by atoms with Crippen LogP contribution in [0.1, 0.15) is 240 Å². The second-order valence-electron chi connectivity index (χ2n) is 36.0. The highest BCUT2D eigenvalue weighted by atomic mass is 79.9. The number of rotatable bonds is 21. The first kappa shape index (κ1) is 113. The van der Waals surface area contributed by atoms with E-state index in [1.807, 2.05) is 231 Å². The number of hydrogen-bond acceptors (Lipinski definition) is 29. The lowest BCUT2D eigenvalue weighted by Gasteiger charge is -2.25. The quantitative estimate of drug-likeness (QED) is 0.0271. The Morgan fingerprint density at radius 2 is 0.891 bits per heavy atom. The summed E-state index contributed by atoms with van der Waals surface area (Å²) in [6, 6.07) is 0.0744. The Morgan fingerprint density at radius 1 is 0.527 bits per heavy atom. The maximum Gasteiger partial charge on any atom is 0.335 e. The highest BCUT2D eigenvalue weighted by molar-refractivity contribution is 9.09. The Labute approximate surface area is 671 Å². The van der Waals surface area contributed by atoms with Gasteiger partial charge in [-0.1, -0.05) is 22.0 Å². The summed E-state index contributed by atoms with van der Waals surface area (Å²) in [6.07, 6.45) is 2.90. The number of carbonyl (C=O) groups excluding carboxylic acids is 10. The summed E-state index contributed by atoms with van der Waals surface area (Å²) in [5, 5.41) is 28.1. The number of nitrogens with two attached hydrogens (primary N) is 1. The predicted molar refractivity (Wildman–Crippen MR) is 435 cm³/mol. The molecule has 3 unspecified atom stereocenters. The number of ether oxygens (including phenoxy) is 9. The molecule has 2 fully saturated rings. The number of ketones is 1. The molecule has 29 nitrogen and oxygen atoms in total. The summed E-state index contributed by atoms with van der Waals surface area (Å²) in [5.41, 5.74) is 2.69. The van der Waals surface area contributed by atoms with Gasteiger partial charge in [-0.25, -0.2) is 4.79 Å². The van der Waals surface area contributed by atoms with Gasteiger partial charge >= 0.3 is 53.7 Å². The van der Waals surface area contributed by atoms with Crippen LogP contribution in [0.4, 0.5) is 0 Å². The van der Waals surface area contributed by atoms with E-state index in [0.29, 0.717) is 25.9 Å². The number of β-amino-alcohol motifs (C(OH)–C–C–N with tert-alkyl or cyclic N) is 1. The van der Waals surface area contributed by atoms with E-state index in [2.05, 4.69) is 41.5 Å². The monoisotopic (exact) mass is 1640 g/mol. The maximum absolute atomic E-state index is 11.8. The van der Waals surface area contributed by atoms with E-state index in [4.69, 9.17) is 48.7 Å². The summed E-state index contributed by atoms with van der Waals surface area (Å²) in [5.74, 6) is -3.37. The molecule has 7 N–H and O–H groups in total. The number of methoxy groups -OCH3 is 1. The molecule has 2 saturated heterocycles. The number of alkyl halides is 1. The molecule has 0 aromatic heterocycles. The smallest absolute Gasteiger partial charge is 0.335 e. The first-order valence-electron chi connectivity index (χ1n) is 37.9. The molecule has 11 atom stereocenters. The van der Waals surface area contributed by atoms with Gasteiger partial charge in [0, 0.05) is 66.8 Å². The number of nitrogens with zero attached hydrogens (tertiary/aromatic N) is 4. The molecule has 30 heteroatoms. The number of likely N-dealkylation sites (N-methyl/N-ethyl adjacent to an activating group) is 5. The first-order chi connectivity index (χ1) is 49.3. The van der Waals surface area contributed by atoms with Gasteiger partial charge in [0.2, 0.25) is 0 Å². The minimum Gasteiger partial charge on any atom is -0.468 e. The lowest BCUT2D eigenvalue weighted by molar-refractivity contribution is -0.164. The fourth-order valence-corrected chi connectivity index (χ4v) is 9.80. The van der Waals surface area contributed by atoms with Gasteiger partial charge in [-0.3, -0.25) is 57.9 Å². The fourth-order valence-electron chi connectivity index (χ4n) is 9.24. The number of likely N-dealkylation sites (tertiary alicyclic amines) is 2. The van der Waals surface area contributed by atoms with Crippen molar-refractivity contribution in [2.45, 2.75) is 339 Å². The summed E-state index contributed by atoms with van der Waals surface area (Å²) in [6.45, 7) is 57.5. The zero-order valence-corrected chi connectivity index (χ0v) is 76.7. The van der Waals surface area contributed by atoms with Crippen LogP contribution in [0.25, 0.3) is 0 Å². The third-order valence-electron chi connectivity index (χ3n) is 15.1. The summed E-state index contributed by atoms with van der Waals surface area (Å²) < 4.78 is 46.0. The van der Waals surface area contributed by atoms with Gasteiger partial charge in [0.25, 0.3) is 0 Å². The zero-order chi connectivity index (χ0) is 88.0. The van der Waals surface area contributed by atoms with E-state index in [9.17, 15) is 53.1 Å². The number of nitrogens with one attached hydrogen (secondary N) is 3. The number of Topliss-reactive ketones (excluding diaryl/α,β-unsaturated/α-hetero) is 1. The number of halogens is 1. The summed E-state index contributed by atoms with van der Waals surface area (Å²) >= 11 is 3.31.